The lowest BCUT2D eigenvalue weighted by Crippen LogP contribution is -2.37. The van der Waals surface area contributed by atoms with Gasteiger partial charge in [0.25, 0.3) is 5.91 Å². The topological polar surface area (TPSA) is 79.0 Å². The average molecular weight is 364 g/mol. The van der Waals surface area contributed by atoms with Gasteiger partial charge in [-0.3, -0.25) is 9.59 Å². The molecule has 2 amide bonds. The summed E-state index contributed by atoms with van der Waals surface area (Å²) in [6.07, 6.45) is 7.71. The summed E-state index contributed by atoms with van der Waals surface area (Å²) in [5.74, 6) is -0.0778. The molecule has 1 fully saturated rings. The number of amidine groups is 1. The third-order valence-corrected chi connectivity index (χ3v) is 5.47. The predicted octanol–water partition coefficient (Wildman–Crippen LogP) is 2.36. The highest BCUT2D eigenvalue weighted by Gasteiger charge is 2.49. The molecule has 1 aliphatic carbocycles. The van der Waals surface area contributed by atoms with E-state index in [0.717, 1.165) is 36.2 Å². The molecule has 1 saturated carbocycles. The number of nitrogens with zero attached hydrogens (tertiary/aromatic N) is 3. The fraction of sp³-hybridized carbons (Fsp3) is 0.381. The van der Waals surface area contributed by atoms with Gasteiger partial charge in [-0.15, -0.1) is 0 Å². The summed E-state index contributed by atoms with van der Waals surface area (Å²) in [5, 5.41) is 0. The van der Waals surface area contributed by atoms with Gasteiger partial charge < -0.3 is 15.5 Å². The van der Waals surface area contributed by atoms with Gasteiger partial charge >= 0.3 is 0 Å². The van der Waals surface area contributed by atoms with Crippen LogP contribution < -0.4 is 10.6 Å². The van der Waals surface area contributed by atoms with Crippen LogP contribution in [0.5, 0.6) is 0 Å². The van der Waals surface area contributed by atoms with E-state index in [2.05, 4.69) is 4.99 Å². The Kier molecular flexibility index (Phi) is 3.94. The molecule has 2 N–H and O–H groups in total. The molecule has 0 aromatic heterocycles. The van der Waals surface area contributed by atoms with Crippen molar-refractivity contribution in [1.29, 1.82) is 0 Å². The van der Waals surface area contributed by atoms with E-state index in [0.29, 0.717) is 5.56 Å². The zero-order chi connectivity index (χ0) is 19.3. The van der Waals surface area contributed by atoms with E-state index in [1.165, 1.54) is 0 Å². The minimum Gasteiger partial charge on any atom is -0.383 e. The first-order valence-electron chi connectivity index (χ1n) is 9.24. The molecular formula is C21H24N4O2. The molecule has 6 nitrogen and oxygen atoms in total. The number of benzene rings is 1. The van der Waals surface area contributed by atoms with Gasteiger partial charge in [0.2, 0.25) is 5.91 Å². The van der Waals surface area contributed by atoms with E-state index in [1.54, 1.807) is 12.1 Å². The molecule has 1 aromatic rings. The third-order valence-electron chi connectivity index (χ3n) is 5.47. The summed E-state index contributed by atoms with van der Waals surface area (Å²) in [5.41, 5.74) is 8.46. The van der Waals surface area contributed by atoms with Crippen LogP contribution in [0.25, 0.3) is 0 Å². The maximum absolute atomic E-state index is 12.8. The molecule has 140 valence electrons. The summed E-state index contributed by atoms with van der Waals surface area (Å²) in [4.78, 5) is 33.4. The van der Waals surface area contributed by atoms with Crippen LogP contribution in [0, 0.1) is 0 Å². The van der Waals surface area contributed by atoms with Crippen LogP contribution in [0.2, 0.25) is 0 Å². The fourth-order valence-corrected chi connectivity index (χ4v) is 3.62. The maximum Gasteiger partial charge on any atom is 0.279 e. The van der Waals surface area contributed by atoms with Crippen molar-refractivity contribution in [3.63, 3.8) is 0 Å². The number of likely N-dealkylation sites (N-methyl/N-ethyl adjacent to an activating group) is 1. The van der Waals surface area contributed by atoms with E-state index in [9.17, 15) is 9.59 Å². The standard InChI is InChI=1S/C21H24N4O2/c1-21(2)16-7-4-14(12-17(16)25(20(21)27)15-5-6-15)19(26)23-18(22)13-8-10-24(3)11-9-13/h4,7-10,12,15H,5-6,11H2,1-3H3,(H2,22,23,26). The van der Waals surface area contributed by atoms with Gasteiger partial charge in [0, 0.05) is 36.5 Å². The van der Waals surface area contributed by atoms with Crippen LogP contribution in [-0.2, 0) is 10.2 Å². The molecule has 27 heavy (non-hydrogen) atoms. The normalized spacial score (nSPS) is 21.4. The van der Waals surface area contributed by atoms with Crippen molar-refractivity contribution < 1.29 is 9.59 Å². The molecule has 2 aliphatic heterocycles. The van der Waals surface area contributed by atoms with Crippen molar-refractivity contribution in [2.75, 3.05) is 18.5 Å². The molecule has 1 aromatic carbocycles. The monoisotopic (exact) mass is 364 g/mol. The molecule has 0 bridgehead atoms. The van der Waals surface area contributed by atoms with Gasteiger partial charge in [-0.2, -0.15) is 4.99 Å². The molecule has 0 saturated heterocycles. The Balaban J connectivity index is 1.64. The molecule has 3 aliphatic rings. The number of rotatable bonds is 3. The van der Waals surface area contributed by atoms with Crippen molar-refractivity contribution in [3.05, 3.63) is 53.3 Å². The number of carbonyl (C=O) groups excluding carboxylic acids is 2. The van der Waals surface area contributed by atoms with Crippen molar-refractivity contribution in [2.45, 2.75) is 38.1 Å². The number of amides is 2. The van der Waals surface area contributed by atoms with Crippen LogP contribution in [0.4, 0.5) is 5.69 Å². The van der Waals surface area contributed by atoms with Crippen LogP contribution in [0.1, 0.15) is 42.6 Å². The fourth-order valence-electron chi connectivity index (χ4n) is 3.62. The largest absolute Gasteiger partial charge is 0.383 e. The third kappa shape index (κ3) is 2.95. The minimum absolute atomic E-state index is 0.106. The zero-order valence-electron chi connectivity index (χ0n) is 15.9. The second kappa shape index (κ2) is 6.08. The lowest BCUT2D eigenvalue weighted by molar-refractivity contribution is -0.122. The first-order chi connectivity index (χ1) is 12.8. The minimum atomic E-state index is -0.564. The highest BCUT2D eigenvalue weighted by atomic mass is 16.2. The van der Waals surface area contributed by atoms with E-state index >= 15 is 0 Å². The van der Waals surface area contributed by atoms with Gasteiger partial charge in [0.15, 0.2) is 0 Å². The number of hydrogen-bond donors (Lipinski definition) is 1. The van der Waals surface area contributed by atoms with E-state index in [1.807, 2.05) is 55.1 Å². The Morgan fingerprint density at radius 1 is 1.30 bits per heavy atom. The van der Waals surface area contributed by atoms with Gasteiger partial charge in [0.1, 0.15) is 5.84 Å². The van der Waals surface area contributed by atoms with Crippen LogP contribution in [0.15, 0.2) is 47.1 Å². The van der Waals surface area contributed by atoms with Crippen LogP contribution in [0.3, 0.4) is 0 Å². The smallest absolute Gasteiger partial charge is 0.279 e. The van der Waals surface area contributed by atoms with Crippen LogP contribution >= 0.6 is 0 Å². The average Bonchev–Trinajstić information content (AvgIpc) is 3.44. The number of carbonyl (C=O) groups is 2. The summed E-state index contributed by atoms with van der Waals surface area (Å²) in [6, 6.07) is 5.66. The van der Waals surface area contributed by atoms with Gasteiger partial charge in [-0.1, -0.05) is 12.1 Å². The quantitative estimate of drug-likeness (QED) is 0.660. The van der Waals surface area contributed by atoms with Crippen LogP contribution in [-0.4, -0.2) is 42.2 Å². The van der Waals surface area contributed by atoms with Gasteiger partial charge in [-0.25, -0.2) is 0 Å². The number of hydrogen-bond acceptors (Lipinski definition) is 3. The van der Waals surface area contributed by atoms with Gasteiger partial charge in [0.05, 0.1) is 5.41 Å². The molecule has 0 radical (unpaired) electrons. The summed E-state index contributed by atoms with van der Waals surface area (Å²) in [6.45, 7) is 4.60. The molecule has 6 heteroatoms. The highest BCUT2D eigenvalue weighted by Crippen LogP contribution is 2.46. The summed E-state index contributed by atoms with van der Waals surface area (Å²) in [7, 11) is 1.96. The van der Waals surface area contributed by atoms with Gasteiger partial charge in [-0.05, 0) is 56.7 Å². The second-order valence-electron chi connectivity index (χ2n) is 7.98. The first kappa shape index (κ1) is 17.5. The SMILES string of the molecule is CN1C=CC(C(N)=NC(=O)c2ccc3c(c2)N(C2CC2)C(=O)C3(C)C)=CC1. The Hall–Kier alpha value is -2.89. The number of aliphatic imine (C=N–C) groups is 1. The highest BCUT2D eigenvalue weighted by molar-refractivity contribution is 6.12. The lowest BCUT2D eigenvalue weighted by Gasteiger charge is -2.19. The van der Waals surface area contributed by atoms with E-state index in [-0.39, 0.29) is 17.8 Å². The Labute approximate surface area is 159 Å². The van der Waals surface area contributed by atoms with Crippen molar-refractivity contribution in [1.82, 2.24) is 4.90 Å². The van der Waals surface area contributed by atoms with E-state index < -0.39 is 11.3 Å². The molecule has 0 unspecified atom stereocenters. The molecule has 0 atom stereocenters. The summed E-state index contributed by atoms with van der Waals surface area (Å²) < 4.78 is 0. The molecule has 2 heterocycles. The van der Waals surface area contributed by atoms with Crippen molar-refractivity contribution in [3.8, 4) is 0 Å². The lowest BCUT2D eigenvalue weighted by atomic mass is 9.86. The molecule has 4 rings (SSSR count). The first-order valence-corrected chi connectivity index (χ1v) is 9.24. The van der Waals surface area contributed by atoms with Crippen molar-refractivity contribution >= 4 is 23.3 Å². The molecule has 0 spiro atoms. The van der Waals surface area contributed by atoms with Crippen molar-refractivity contribution in [2.24, 2.45) is 10.7 Å². The Bertz CT molecular complexity index is 922. The number of fused-ring (bicyclic) bond motifs is 1. The maximum atomic E-state index is 12.8. The molecular weight excluding hydrogens is 340 g/mol. The van der Waals surface area contributed by atoms with E-state index in [4.69, 9.17) is 5.73 Å². The summed E-state index contributed by atoms with van der Waals surface area (Å²) >= 11 is 0. The zero-order valence-corrected chi connectivity index (χ0v) is 15.9. The second-order valence-corrected chi connectivity index (χ2v) is 7.98. The number of anilines is 1. The predicted molar refractivity (Wildman–Crippen MR) is 106 cm³/mol. The Morgan fingerprint density at radius 2 is 2.04 bits per heavy atom. The number of nitrogens with two attached hydrogens (primary N) is 1. The Morgan fingerprint density at radius 3 is 2.67 bits per heavy atom.